The second-order valence-electron chi connectivity index (χ2n) is 8.67. The van der Waals surface area contributed by atoms with Crippen molar-refractivity contribution in [3.63, 3.8) is 0 Å². The molecule has 1 saturated heterocycles. The molecule has 1 amide bonds. The second kappa shape index (κ2) is 9.91. The highest BCUT2D eigenvalue weighted by Crippen LogP contribution is 2.26. The minimum atomic E-state index is -0.103. The van der Waals surface area contributed by atoms with Gasteiger partial charge in [0.05, 0.1) is 13.3 Å². The molecule has 6 nitrogen and oxygen atoms in total. The van der Waals surface area contributed by atoms with Crippen molar-refractivity contribution in [2.24, 2.45) is 0 Å². The van der Waals surface area contributed by atoms with Crippen molar-refractivity contribution in [1.82, 2.24) is 19.9 Å². The van der Waals surface area contributed by atoms with Crippen LogP contribution >= 0.6 is 0 Å². The number of benzene rings is 3. The summed E-state index contributed by atoms with van der Waals surface area (Å²) >= 11 is 0. The summed E-state index contributed by atoms with van der Waals surface area (Å²) in [6, 6.07) is 26.6. The van der Waals surface area contributed by atoms with E-state index < -0.39 is 0 Å². The topological polar surface area (TPSA) is 60.2 Å². The molecule has 1 atom stereocenters. The standard InChI is InChI=1S/C28H28N4O2/c1-34-26-16-14-23(15-17-26)22-10-12-24(13-11-22)27-20-32(30-29-27)28(33)31-18-6-5-9-25(31)19-21-7-3-2-4-8-21/h2-4,7-8,10-17,20,25H,5-6,9,18-19H2,1H3/t25-/m0/s1. The summed E-state index contributed by atoms with van der Waals surface area (Å²) in [4.78, 5) is 15.3. The van der Waals surface area contributed by atoms with Gasteiger partial charge in [-0.25, -0.2) is 4.79 Å². The lowest BCUT2D eigenvalue weighted by atomic mass is 9.96. The van der Waals surface area contributed by atoms with E-state index in [0.29, 0.717) is 5.69 Å². The van der Waals surface area contributed by atoms with Crippen molar-refractivity contribution < 1.29 is 9.53 Å². The molecular formula is C28H28N4O2. The summed E-state index contributed by atoms with van der Waals surface area (Å²) in [5, 5.41) is 8.46. The van der Waals surface area contributed by atoms with Crippen LogP contribution in [0.3, 0.4) is 0 Å². The second-order valence-corrected chi connectivity index (χ2v) is 8.67. The number of ether oxygens (including phenoxy) is 1. The van der Waals surface area contributed by atoms with Crippen LogP contribution in [0, 0.1) is 0 Å². The summed E-state index contributed by atoms with van der Waals surface area (Å²) < 4.78 is 6.62. The van der Waals surface area contributed by atoms with Gasteiger partial charge in [0.25, 0.3) is 0 Å². The Morgan fingerprint density at radius 1 is 0.912 bits per heavy atom. The molecule has 0 N–H and O–H groups in total. The van der Waals surface area contributed by atoms with Crippen LogP contribution < -0.4 is 4.74 Å². The number of rotatable bonds is 5. The van der Waals surface area contributed by atoms with E-state index in [-0.39, 0.29) is 12.1 Å². The molecule has 1 aliphatic heterocycles. The van der Waals surface area contributed by atoms with Gasteiger partial charge in [-0.05, 0) is 54.5 Å². The van der Waals surface area contributed by atoms with Gasteiger partial charge in [0.15, 0.2) is 0 Å². The van der Waals surface area contributed by atoms with Crippen molar-refractivity contribution >= 4 is 6.03 Å². The van der Waals surface area contributed by atoms with Gasteiger partial charge < -0.3 is 9.64 Å². The van der Waals surface area contributed by atoms with E-state index in [2.05, 4.69) is 34.6 Å². The molecule has 0 aliphatic carbocycles. The number of piperidine rings is 1. The predicted molar refractivity (Wildman–Crippen MR) is 133 cm³/mol. The zero-order chi connectivity index (χ0) is 23.3. The largest absolute Gasteiger partial charge is 0.497 e. The monoisotopic (exact) mass is 452 g/mol. The predicted octanol–water partition coefficient (Wildman–Crippen LogP) is 5.69. The fraction of sp³-hybridized carbons (Fsp3) is 0.250. The molecule has 1 aliphatic rings. The maximum absolute atomic E-state index is 13.3. The van der Waals surface area contributed by atoms with Crippen LogP contribution in [0.4, 0.5) is 4.79 Å². The molecular weight excluding hydrogens is 424 g/mol. The van der Waals surface area contributed by atoms with Crippen LogP contribution in [0.15, 0.2) is 85.1 Å². The molecule has 0 radical (unpaired) electrons. The van der Waals surface area contributed by atoms with E-state index in [0.717, 1.165) is 54.7 Å². The van der Waals surface area contributed by atoms with Crippen LogP contribution in [-0.4, -0.2) is 45.6 Å². The fourth-order valence-corrected chi connectivity index (χ4v) is 4.59. The fourth-order valence-electron chi connectivity index (χ4n) is 4.59. The van der Waals surface area contributed by atoms with Crippen molar-refractivity contribution in [2.45, 2.75) is 31.7 Å². The SMILES string of the molecule is COc1ccc(-c2ccc(-c3cn(C(=O)N4CCCC[C@H]4Cc4ccccc4)nn3)cc2)cc1. The molecule has 3 aromatic carbocycles. The lowest BCUT2D eigenvalue weighted by Gasteiger charge is -2.35. The Labute approximate surface area is 199 Å². The quantitative estimate of drug-likeness (QED) is 0.391. The molecule has 2 heterocycles. The summed E-state index contributed by atoms with van der Waals surface area (Å²) in [5.74, 6) is 0.835. The Morgan fingerprint density at radius 2 is 1.59 bits per heavy atom. The normalized spacial score (nSPS) is 15.8. The Morgan fingerprint density at radius 3 is 2.29 bits per heavy atom. The smallest absolute Gasteiger partial charge is 0.346 e. The zero-order valence-electron chi connectivity index (χ0n) is 19.3. The number of aromatic nitrogens is 3. The first-order chi connectivity index (χ1) is 16.7. The number of hydrogen-bond donors (Lipinski definition) is 0. The molecule has 0 unspecified atom stereocenters. The Bertz CT molecular complexity index is 1230. The molecule has 172 valence electrons. The number of amides is 1. The molecule has 1 fully saturated rings. The van der Waals surface area contributed by atoms with Crippen LogP contribution in [0.1, 0.15) is 24.8 Å². The third-order valence-electron chi connectivity index (χ3n) is 6.48. The lowest BCUT2D eigenvalue weighted by molar-refractivity contribution is 0.149. The number of carbonyl (C=O) groups excluding carboxylic acids is 1. The first-order valence-corrected chi connectivity index (χ1v) is 11.7. The maximum atomic E-state index is 13.3. The summed E-state index contributed by atoms with van der Waals surface area (Å²) in [7, 11) is 1.66. The third-order valence-corrected chi connectivity index (χ3v) is 6.48. The highest BCUT2D eigenvalue weighted by Gasteiger charge is 2.28. The summed E-state index contributed by atoms with van der Waals surface area (Å²) in [5.41, 5.74) is 5.08. The van der Waals surface area contributed by atoms with Gasteiger partial charge in [-0.3, -0.25) is 0 Å². The average Bonchev–Trinajstić information content (AvgIpc) is 3.40. The number of carbonyl (C=O) groups is 1. The molecule has 6 heteroatoms. The summed E-state index contributed by atoms with van der Waals surface area (Å²) in [6.07, 6.45) is 5.77. The molecule has 0 spiro atoms. The van der Waals surface area contributed by atoms with E-state index in [1.165, 1.54) is 10.2 Å². The number of nitrogens with zero attached hydrogens (tertiary/aromatic N) is 4. The molecule has 34 heavy (non-hydrogen) atoms. The first-order valence-electron chi connectivity index (χ1n) is 11.7. The third kappa shape index (κ3) is 4.71. The van der Waals surface area contributed by atoms with Crippen LogP contribution in [-0.2, 0) is 6.42 Å². The zero-order valence-corrected chi connectivity index (χ0v) is 19.3. The minimum absolute atomic E-state index is 0.103. The van der Waals surface area contributed by atoms with Crippen molar-refractivity contribution in [3.05, 3.63) is 90.6 Å². The molecule has 5 rings (SSSR count). The molecule has 0 saturated carbocycles. The molecule has 1 aromatic heterocycles. The van der Waals surface area contributed by atoms with Crippen LogP contribution in [0.25, 0.3) is 22.4 Å². The highest BCUT2D eigenvalue weighted by molar-refractivity contribution is 5.77. The van der Waals surface area contributed by atoms with E-state index in [9.17, 15) is 4.79 Å². The molecule has 4 aromatic rings. The number of likely N-dealkylation sites (tertiary alicyclic amines) is 1. The van der Waals surface area contributed by atoms with E-state index in [1.807, 2.05) is 59.5 Å². The minimum Gasteiger partial charge on any atom is -0.497 e. The van der Waals surface area contributed by atoms with Gasteiger partial charge in [-0.2, -0.15) is 4.68 Å². The Kier molecular flexibility index (Phi) is 6.38. The maximum Gasteiger partial charge on any atom is 0.346 e. The van der Waals surface area contributed by atoms with Gasteiger partial charge in [0.1, 0.15) is 11.4 Å². The van der Waals surface area contributed by atoms with E-state index in [1.54, 1.807) is 13.3 Å². The van der Waals surface area contributed by atoms with Crippen LogP contribution in [0.2, 0.25) is 0 Å². The van der Waals surface area contributed by atoms with Gasteiger partial charge in [0.2, 0.25) is 0 Å². The highest BCUT2D eigenvalue weighted by atomic mass is 16.5. The van der Waals surface area contributed by atoms with Crippen molar-refractivity contribution in [1.29, 1.82) is 0 Å². The summed E-state index contributed by atoms with van der Waals surface area (Å²) in [6.45, 7) is 0.752. The number of hydrogen-bond acceptors (Lipinski definition) is 4. The van der Waals surface area contributed by atoms with E-state index in [4.69, 9.17) is 4.74 Å². The van der Waals surface area contributed by atoms with Gasteiger partial charge in [-0.15, -0.1) is 5.10 Å². The first kappa shape index (κ1) is 21.9. The van der Waals surface area contributed by atoms with Gasteiger partial charge in [-0.1, -0.05) is 71.9 Å². The van der Waals surface area contributed by atoms with Gasteiger partial charge in [0, 0.05) is 18.2 Å². The average molecular weight is 453 g/mol. The Hall–Kier alpha value is -3.93. The Balaban J connectivity index is 1.31. The van der Waals surface area contributed by atoms with E-state index >= 15 is 0 Å². The van der Waals surface area contributed by atoms with Crippen LogP contribution in [0.5, 0.6) is 5.75 Å². The van der Waals surface area contributed by atoms with Crippen molar-refractivity contribution in [3.8, 4) is 28.1 Å². The van der Waals surface area contributed by atoms with Crippen molar-refractivity contribution in [2.75, 3.05) is 13.7 Å². The molecule has 0 bridgehead atoms. The number of methoxy groups -OCH3 is 1. The van der Waals surface area contributed by atoms with Gasteiger partial charge >= 0.3 is 6.03 Å². The lowest BCUT2D eigenvalue weighted by Crippen LogP contribution is -2.46.